The molecule has 10 N–H and O–H groups in total. The molecule has 0 bridgehead atoms. The Bertz CT molecular complexity index is 1230. The molecular formula is C28H47FeN9O13. The fourth-order valence-electron chi connectivity index (χ4n) is 4.42. The van der Waals surface area contributed by atoms with Gasteiger partial charge in [0.1, 0.15) is 24.2 Å². The molecule has 4 unspecified atom stereocenters. The van der Waals surface area contributed by atoms with Crippen molar-refractivity contribution in [1.82, 2.24) is 47.1 Å². The number of hydrogen-bond acceptors (Lipinski definition) is 13. The fraction of sp³-hybridized carbons (Fsp3) is 0.679. The molecule has 22 nitrogen and oxygen atoms in total. The molecule has 23 heteroatoms. The van der Waals surface area contributed by atoms with Gasteiger partial charge in [-0.1, -0.05) is 0 Å². The van der Waals surface area contributed by atoms with Crippen molar-refractivity contribution in [3.05, 3.63) is 0 Å². The minimum absolute atomic E-state index is 0. The third-order valence-electron chi connectivity index (χ3n) is 7.28. The number of carbonyl (C=O) groups excluding carboxylic acids is 9. The van der Waals surface area contributed by atoms with Gasteiger partial charge >= 0.3 is 0 Å². The summed E-state index contributed by atoms with van der Waals surface area (Å²) < 4.78 is 0. The van der Waals surface area contributed by atoms with Crippen LogP contribution in [0, 0.1) is 0 Å². The van der Waals surface area contributed by atoms with Gasteiger partial charge in [-0.2, -0.15) is 0 Å². The van der Waals surface area contributed by atoms with E-state index in [0.29, 0.717) is 15.2 Å². The van der Waals surface area contributed by atoms with Gasteiger partial charge in [0, 0.05) is 57.5 Å². The number of hydrogen-bond donors (Lipinski definition) is 10. The van der Waals surface area contributed by atoms with Crippen molar-refractivity contribution < 1.29 is 80.9 Å². The predicted molar refractivity (Wildman–Crippen MR) is 166 cm³/mol. The van der Waals surface area contributed by atoms with Crippen LogP contribution in [-0.4, -0.2) is 153 Å². The van der Waals surface area contributed by atoms with E-state index in [1.54, 1.807) is 0 Å². The molecule has 290 valence electrons. The summed E-state index contributed by atoms with van der Waals surface area (Å²) >= 11 is 0. The largest absolute Gasteiger partial charge is 0.394 e. The van der Waals surface area contributed by atoms with Gasteiger partial charge in [0.15, 0.2) is 0 Å². The summed E-state index contributed by atoms with van der Waals surface area (Å²) in [6, 6.07) is -5.79. The predicted octanol–water partition coefficient (Wildman–Crippen LogP) is -4.78. The minimum Gasteiger partial charge on any atom is -0.394 e. The number of carbonyl (C=O) groups is 9. The van der Waals surface area contributed by atoms with Crippen LogP contribution < -0.4 is 31.9 Å². The summed E-state index contributed by atoms with van der Waals surface area (Å²) in [6.45, 7) is 0.217. The first-order chi connectivity index (χ1) is 23.5. The van der Waals surface area contributed by atoms with Crippen LogP contribution in [0.2, 0.25) is 0 Å². The zero-order valence-electron chi connectivity index (χ0n) is 28.5. The fourth-order valence-corrected chi connectivity index (χ4v) is 4.42. The molecule has 1 fully saturated rings. The Kier molecular flexibility index (Phi) is 21.8. The molecule has 9 amide bonds. The van der Waals surface area contributed by atoms with Gasteiger partial charge in [-0.15, -0.1) is 0 Å². The average molecular weight is 774 g/mol. The van der Waals surface area contributed by atoms with Gasteiger partial charge in [-0.05, 0) is 38.5 Å². The number of hydroxylamine groups is 6. The Balaban J connectivity index is 0.0000250. The summed E-state index contributed by atoms with van der Waals surface area (Å²) in [5.41, 5.74) is 0. The van der Waals surface area contributed by atoms with Crippen molar-refractivity contribution in [2.75, 3.05) is 39.3 Å². The van der Waals surface area contributed by atoms with E-state index in [2.05, 4.69) is 31.9 Å². The molecule has 0 radical (unpaired) electrons. The van der Waals surface area contributed by atoms with Crippen LogP contribution in [-0.2, 0) is 60.2 Å². The Morgan fingerprint density at radius 1 is 0.549 bits per heavy atom. The maximum atomic E-state index is 13.6. The quantitative estimate of drug-likeness (QED) is 0.0478. The summed E-state index contributed by atoms with van der Waals surface area (Å²) in [4.78, 5) is 112. The van der Waals surface area contributed by atoms with Gasteiger partial charge in [-0.25, -0.2) is 15.2 Å². The third-order valence-corrected chi connectivity index (χ3v) is 7.28. The van der Waals surface area contributed by atoms with Gasteiger partial charge in [0.2, 0.25) is 53.2 Å². The second kappa shape index (κ2) is 23.9. The molecule has 1 aliphatic heterocycles. The van der Waals surface area contributed by atoms with Crippen LogP contribution >= 0.6 is 0 Å². The molecule has 0 aromatic carbocycles. The second-order valence-electron chi connectivity index (χ2n) is 11.3. The summed E-state index contributed by atoms with van der Waals surface area (Å²) in [5, 5.41) is 53.9. The molecule has 51 heavy (non-hydrogen) atoms. The van der Waals surface area contributed by atoms with Crippen molar-refractivity contribution in [2.24, 2.45) is 0 Å². The summed E-state index contributed by atoms with van der Waals surface area (Å²) in [5.74, 6) is -7.64. The first-order valence-corrected chi connectivity index (χ1v) is 15.7. The number of amides is 9. The van der Waals surface area contributed by atoms with Crippen molar-refractivity contribution in [3.8, 4) is 0 Å². The number of nitrogens with one attached hydrogen (secondary N) is 6. The Morgan fingerprint density at radius 2 is 0.843 bits per heavy atom. The first kappa shape index (κ1) is 46.6. The number of rotatable bonds is 13. The van der Waals surface area contributed by atoms with E-state index in [1.165, 1.54) is 0 Å². The minimum atomic E-state index is -1.54. The molecule has 4 atom stereocenters. The van der Waals surface area contributed by atoms with E-state index >= 15 is 0 Å². The molecule has 0 saturated carbocycles. The second-order valence-corrected chi connectivity index (χ2v) is 11.3. The molecule has 0 aromatic rings. The van der Waals surface area contributed by atoms with Crippen LogP contribution in [0.5, 0.6) is 0 Å². The molecule has 1 aliphatic rings. The van der Waals surface area contributed by atoms with Crippen molar-refractivity contribution in [2.45, 2.75) is 83.5 Å². The van der Waals surface area contributed by atoms with E-state index in [0.717, 1.165) is 20.8 Å². The topological polar surface area (TPSA) is 316 Å². The maximum Gasteiger partial charge on any atom is 0.245 e. The Labute approximate surface area is 303 Å². The van der Waals surface area contributed by atoms with Crippen LogP contribution in [0.4, 0.5) is 0 Å². The van der Waals surface area contributed by atoms with Crippen LogP contribution in [0.15, 0.2) is 0 Å². The summed E-state index contributed by atoms with van der Waals surface area (Å²) in [7, 11) is 0. The standard InChI is InChI=1S/C28H47N9O13.Fe/c1-16(39)35(48)10-4-7-19-25(44)29-14-24(43)32-22(15-38)26(45)30-13-23(42)31-20(8-5-11-36(49)17(2)40)27(46)34-21(28(47)33-19)9-6-12-37(50)18(3)41;/h19-22,38,48-50H,4-15H2,1-3H3,(H,29,44)(H,30,45)(H,31,42)(H,32,43)(H,33,47)(H,34,46);. The molecule has 0 aliphatic carbocycles. The van der Waals surface area contributed by atoms with E-state index in [9.17, 15) is 63.9 Å². The van der Waals surface area contributed by atoms with Gasteiger partial charge in [-0.3, -0.25) is 58.8 Å². The molecule has 1 rings (SSSR count). The van der Waals surface area contributed by atoms with Gasteiger partial charge in [0.25, 0.3) is 0 Å². The summed E-state index contributed by atoms with van der Waals surface area (Å²) in [6.07, 6.45) is -0.685. The number of aliphatic hydroxyl groups excluding tert-OH is 1. The van der Waals surface area contributed by atoms with Gasteiger partial charge in [0.05, 0.1) is 19.7 Å². The van der Waals surface area contributed by atoms with E-state index in [4.69, 9.17) is 0 Å². The van der Waals surface area contributed by atoms with Crippen molar-refractivity contribution >= 4 is 53.2 Å². The number of nitrogens with zero attached hydrogens (tertiary/aromatic N) is 3. The Hall–Kier alpha value is -4.41. The smallest absolute Gasteiger partial charge is 0.245 e. The Morgan fingerprint density at radius 3 is 1.18 bits per heavy atom. The third kappa shape index (κ3) is 17.9. The number of aliphatic hydroxyl groups is 1. The average Bonchev–Trinajstić information content (AvgIpc) is 3.05. The normalized spacial score (nSPS) is 20.8. The van der Waals surface area contributed by atoms with E-state index < -0.39 is 97.0 Å². The monoisotopic (exact) mass is 773 g/mol. The SMILES string of the molecule is CC(=O)N(O)CCCC1NC(=O)CNC(=O)C(CO)NC(=O)CNC(=O)C(CCCN(O)C(C)=O)NC(=O)C(CCCN(O)C(C)=O)NC1=O.[Fe]. The van der Waals surface area contributed by atoms with E-state index in [1.807, 2.05) is 0 Å². The van der Waals surface area contributed by atoms with Crippen molar-refractivity contribution in [3.63, 3.8) is 0 Å². The van der Waals surface area contributed by atoms with E-state index in [-0.39, 0.29) is 75.2 Å². The van der Waals surface area contributed by atoms with Crippen LogP contribution in [0.25, 0.3) is 0 Å². The first-order valence-electron chi connectivity index (χ1n) is 15.7. The zero-order valence-corrected chi connectivity index (χ0v) is 29.6. The van der Waals surface area contributed by atoms with Gasteiger partial charge < -0.3 is 37.0 Å². The molecular weight excluding hydrogens is 726 g/mol. The molecule has 0 aromatic heterocycles. The molecule has 0 spiro atoms. The molecule has 1 heterocycles. The van der Waals surface area contributed by atoms with Crippen molar-refractivity contribution in [1.29, 1.82) is 0 Å². The maximum absolute atomic E-state index is 13.6. The van der Waals surface area contributed by atoms with Crippen LogP contribution in [0.3, 0.4) is 0 Å². The zero-order chi connectivity index (χ0) is 38.0. The molecule has 1 saturated heterocycles. The van der Waals surface area contributed by atoms with Crippen LogP contribution in [0.1, 0.15) is 59.3 Å².